The van der Waals surface area contributed by atoms with Gasteiger partial charge in [0.1, 0.15) is 5.75 Å². The lowest BCUT2D eigenvalue weighted by Crippen LogP contribution is -2.48. The first-order valence-electron chi connectivity index (χ1n) is 7.32. The second-order valence-corrected chi connectivity index (χ2v) is 6.34. The summed E-state index contributed by atoms with van der Waals surface area (Å²) < 4.78 is 5.90. The molecule has 0 aliphatic carbocycles. The van der Waals surface area contributed by atoms with Crippen molar-refractivity contribution < 1.29 is 9.53 Å². The maximum absolute atomic E-state index is 12.9. The van der Waals surface area contributed by atoms with Gasteiger partial charge in [-0.25, -0.2) is 0 Å². The lowest BCUT2D eigenvalue weighted by Gasteiger charge is -2.30. The van der Waals surface area contributed by atoms with Crippen LogP contribution in [0.1, 0.15) is 19.4 Å². The molecule has 0 saturated heterocycles. The van der Waals surface area contributed by atoms with Crippen LogP contribution < -0.4 is 9.64 Å². The first kappa shape index (κ1) is 14.9. The van der Waals surface area contributed by atoms with E-state index in [2.05, 4.69) is 6.07 Å². The van der Waals surface area contributed by atoms with E-state index >= 15 is 0 Å². The SMILES string of the molecule is CC(C)(Oc1ccc(Cl)cc1)C(=O)N1CCc2ccccc21. The molecule has 0 aromatic heterocycles. The predicted octanol–water partition coefficient (Wildman–Crippen LogP) is 4.09. The van der Waals surface area contributed by atoms with Crippen LogP contribution >= 0.6 is 11.6 Å². The van der Waals surface area contributed by atoms with Crippen LogP contribution in [0.3, 0.4) is 0 Å². The highest BCUT2D eigenvalue weighted by Gasteiger charge is 2.37. The molecule has 0 N–H and O–H groups in total. The van der Waals surface area contributed by atoms with Crippen molar-refractivity contribution >= 4 is 23.2 Å². The summed E-state index contributed by atoms with van der Waals surface area (Å²) in [4.78, 5) is 14.7. The zero-order valence-electron chi connectivity index (χ0n) is 12.7. The molecule has 0 unspecified atom stereocenters. The minimum absolute atomic E-state index is 0.0348. The summed E-state index contributed by atoms with van der Waals surface area (Å²) in [5, 5.41) is 0.643. The fraction of sp³-hybridized carbons (Fsp3) is 0.278. The monoisotopic (exact) mass is 315 g/mol. The number of anilines is 1. The molecule has 2 aromatic carbocycles. The maximum atomic E-state index is 12.9. The Morgan fingerprint density at radius 1 is 1.14 bits per heavy atom. The molecule has 114 valence electrons. The molecule has 0 radical (unpaired) electrons. The summed E-state index contributed by atoms with van der Waals surface area (Å²) in [5.41, 5.74) is 1.25. The van der Waals surface area contributed by atoms with Crippen molar-refractivity contribution in [3.63, 3.8) is 0 Å². The summed E-state index contributed by atoms with van der Waals surface area (Å²) in [6.45, 7) is 4.29. The van der Waals surface area contributed by atoms with Gasteiger partial charge < -0.3 is 9.64 Å². The van der Waals surface area contributed by atoms with E-state index in [0.717, 1.165) is 12.1 Å². The number of rotatable bonds is 3. The molecule has 0 bridgehead atoms. The number of halogens is 1. The third kappa shape index (κ3) is 2.81. The van der Waals surface area contributed by atoms with E-state index in [-0.39, 0.29) is 5.91 Å². The van der Waals surface area contributed by atoms with Crippen molar-refractivity contribution in [1.82, 2.24) is 0 Å². The highest BCUT2D eigenvalue weighted by atomic mass is 35.5. The van der Waals surface area contributed by atoms with E-state index < -0.39 is 5.60 Å². The molecule has 0 atom stereocenters. The molecule has 0 spiro atoms. The number of carbonyl (C=O) groups excluding carboxylic acids is 1. The van der Waals surface area contributed by atoms with Gasteiger partial charge in [-0.05, 0) is 56.2 Å². The average Bonchev–Trinajstić information content (AvgIpc) is 2.92. The smallest absolute Gasteiger partial charge is 0.270 e. The maximum Gasteiger partial charge on any atom is 0.270 e. The van der Waals surface area contributed by atoms with Crippen LogP contribution in [0.2, 0.25) is 5.02 Å². The molecule has 1 aliphatic rings. The number of para-hydroxylation sites is 1. The van der Waals surface area contributed by atoms with Crippen molar-refractivity contribution in [3.8, 4) is 5.75 Å². The molecule has 1 amide bonds. The summed E-state index contributed by atoms with van der Waals surface area (Å²) >= 11 is 5.87. The molecule has 3 rings (SSSR count). The van der Waals surface area contributed by atoms with E-state index in [1.807, 2.05) is 23.1 Å². The Morgan fingerprint density at radius 3 is 2.55 bits per heavy atom. The second-order valence-electron chi connectivity index (χ2n) is 5.90. The van der Waals surface area contributed by atoms with Crippen molar-refractivity contribution in [2.45, 2.75) is 25.9 Å². The molecule has 4 heteroatoms. The molecule has 1 aliphatic heterocycles. The van der Waals surface area contributed by atoms with Gasteiger partial charge in [-0.2, -0.15) is 0 Å². The van der Waals surface area contributed by atoms with Gasteiger partial charge in [0.2, 0.25) is 0 Å². The number of carbonyl (C=O) groups is 1. The van der Waals surface area contributed by atoms with E-state index in [4.69, 9.17) is 16.3 Å². The quantitative estimate of drug-likeness (QED) is 0.854. The van der Waals surface area contributed by atoms with Gasteiger partial charge in [0.05, 0.1) is 0 Å². The van der Waals surface area contributed by atoms with Crippen LogP contribution in [0, 0.1) is 0 Å². The van der Waals surface area contributed by atoms with E-state index in [1.54, 1.807) is 38.1 Å². The van der Waals surface area contributed by atoms with Crippen molar-refractivity contribution in [2.24, 2.45) is 0 Å². The van der Waals surface area contributed by atoms with Gasteiger partial charge in [0.15, 0.2) is 5.60 Å². The first-order chi connectivity index (χ1) is 10.5. The highest BCUT2D eigenvalue weighted by Crippen LogP contribution is 2.31. The van der Waals surface area contributed by atoms with Gasteiger partial charge in [-0.3, -0.25) is 4.79 Å². The third-order valence-corrected chi connectivity index (χ3v) is 4.09. The number of amides is 1. The average molecular weight is 316 g/mol. The van der Waals surface area contributed by atoms with E-state index in [0.29, 0.717) is 17.3 Å². The minimum Gasteiger partial charge on any atom is -0.478 e. The van der Waals surface area contributed by atoms with Gasteiger partial charge in [-0.15, -0.1) is 0 Å². The van der Waals surface area contributed by atoms with Crippen LogP contribution in [-0.4, -0.2) is 18.1 Å². The molecule has 1 heterocycles. The Bertz CT molecular complexity index is 694. The fourth-order valence-corrected chi connectivity index (χ4v) is 2.84. The molecule has 0 fully saturated rings. The zero-order chi connectivity index (χ0) is 15.7. The Balaban J connectivity index is 1.80. The second kappa shape index (κ2) is 5.65. The normalized spacial score (nSPS) is 13.9. The number of hydrogen-bond acceptors (Lipinski definition) is 2. The lowest BCUT2D eigenvalue weighted by molar-refractivity contribution is -0.131. The third-order valence-electron chi connectivity index (χ3n) is 3.83. The van der Waals surface area contributed by atoms with Crippen LogP contribution in [0.25, 0.3) is 0 Å². The van der Waals surface area contributed by atoms with Gasteiger partial charge in [-0.1, -0.05) is 29.8 Å². The number of fused-ring (bicyclic) bond motifs is 1. The standard InChI is InChI=1S/C18H18ClNO2/c1-18(2,22-15-9-7-14(19)8-10-15)17(21)20-12-11-13-5-3-4-6-16(13)20/h3-10H,11-12H2,1-2H3. The Kier molecular flexibility index (Phi) is 3.83. The van der Waals surface area contributed by atoms with Crippen molar-refractivity contribution in [2.75, 3.05) is 11.4 Å². The van der Waals surface area contributed by atoms with E-state index in [1.165, 1.54) is 5.56 Å². The Labute approximate surface area is 135 Å². The summed E-state index contributed by atoms with van der Waals surface area (Å²) in [7, 11) is 0. The lowest BCUT2D eigenvalue weighted by atomic mass is 10.1. The summed E-state index contributed by atoms with van der Waals surface area (Å²) in [5.74, 6) is 0.600. The fourth-order valence-electron chi connectivity index (χ4n) is 2.72. The molecule has 2 aromatic rings. The van der Waals surface area contributed by atoms with Gasteiger partial charge in [0.25, 0.3) is 5.91 Å². The van der Waals surface area contributed by atoms with Gasteiger partial charge >= 0.3 is 0 Å². The first-order valence-corrected chi connectivity index (χ1v) is 7.70. The summed E-state index contributed by atoms with van der Waals surface area (Å²) in [6, 6.07) is 15.1. The molecule has 3 nitrogen and oxygen atoms in total. The van der Waals surface area contributed by atoms with Crippen LogP contribution in [0.15, 0.2) is 48.5 Å². The van der Waals surface area contributed by atoms with Crippen molar-refractivity contribution in [3.05, 3.63) is 59.1 Å². The predicted molar refractivity (Wildman–Crippen MR) is 88.7 cm³/mol. The largest absolute Gasteiger partial charge is 0.478 e. The molecule has 0 saturated carbocycles. The number of benzene rings is 2. The molecule has 22 heavy (non-hydrogen) atoms. The molecular formula is C18H18ClNO2. The Hall–Kier alpha value is -2.00. The number of nitrogens with zero attached hydrogens (tertiary/aromatic N) is 1. The number of ether oxygens (including phenoxy) is 1. The van der Waals surface area contributed by atoms with Crippen molar-refractivity contribution in [1.29, 1.82) is 0 Å². The highest BCUT2D eigenvalue weighted by molar-refractivity contribution is 6.30. The van der Waals surface area contributed by atoms with Gasteiger partial charge in [0, 0.05) is 17.3 Å². The molecular weight excluding hydrogens is 298 g/mol. The number of hydrogen-bond donors (Lipinski definition) is 0. The van der Waals surface area contributed by atoms with E-state index in [9.17, 15) is 4.79 Å². The zero-order valence-corrected chi connectivity index (χ0v) is 13.4. The van der Waals surface area contributed by atoms with Crippen LogP contribution in [0.5, 0.6) is 5.75 Å². The summed E-state index contributed by atoms with van der Waals surface area (Å²) in [6.07, 6.45) is 0.888. The minimum atomic E-state index is -0.939. The van der Waals surface area contributed by atoms with Crippen LogP contribution in [-0.2, 0) is 11.2 Å². The topological polar surface area (TPSA) is 29.5 Å². The van der Waals surface area contributed by atoms with Crippen LogP contribution in [0.4, 0.5) is 5.69 Å². The Morgan fingerprint density at radius 2 is 1.82 bits per heavy atom.